The van der Waals surface area contributed by atoms with Gasteiger partial charge in [-0.15, -0.1) is 0 Å². The number of amides is 1. The maximum absolute atomic E-state index is 14.1. The highest BCUT2D eigenvalue weighted by molar-refractivity contribution is 7.92. The maximum atomic E-state index is 14.1. The number of carbonyl (C=O) groups is 1. The average molecular weight is 509 g/mol. The molecule has 2 saturated carbocycles. The van der Waals surface area contributed by atoms with Gasteiger partial charge in [0.15, 0.2) is 27.3 Å². The van der Waals surface area contributed by atoms with Crippen molar-refractivity contribution in [2.45, 2.75) is 41.9 Å². The summed E-state index contributed by atoms with van der Waals surface area (Å²) in [7, 11) is -0.373. The van der Waals surface area contributed by atoms with E-state index in [1.807, 2.05) is 0 Å². The topological polar surface area (TPSA) is 79.0 Å². The molecule has 1 amide bonds. The zero-order chi connectivity index (χ0) is 25.3. The summed E-state index contributed by atoms with van der Waals surface area (Å²) >= 11 is 0. The number of ether oxygens (including phenoxy) is 1. The molecule has 10 heteroatoms. The van der Waals surface area contributed by atoms with E-state index in [1.165, 1.54) is 12.1 Å². The Morgan fingerprint density at radius 3 is 2.34 bits per heavy atom. The van der Waals surface area contributed by atoms with Crippen molar-refractivity contribution in [3.63, 3.8) is 0 Å². The van der Waals surface area contributed by atoms with Crippen LogP contribution < -0.4 is 10.2 Å². The lowest BCUT2D eigenvalue weighted by Crippen LogP contribution is -2.41. The van der Waals surface area contributed by atoms with Gasteiger partial charge in [0.2, 0.25) is 0 Å². The van der Waals surface area contributed by atoms with Gasteiger partial charge in [-0.3, -0.25) is 4.79 Å². The Bertz CT molecular complexity index is 1290. The van der Waals surface area contributed by atoms with Crippen LogP contribution in [-0.2, 0) is 14.6 Å². The largest absolute Gasteiger partial charge is 0.377 e. The molecule has 6 nitrogen and oxygen atoms in total. The smallest absolute Gasteiger partial charge is 0.255 e. The van der Waals surface area contributed by atoms with Crippen molar-refractivity contribution in [2.24, 2.45) is 17.8 Å². The molecule has 0 radical (unpaired) electrons. The Labute approximate surface area is 202 Å². The number of nitrogens with zero attached hydrogens (tertiary/aromatic N) is 1. The molecule has 1 aliphatic heterocycles. The third-order valence-corrected chi connectivity index (χ3v) is 10.1. The van der Waals surface area contributed by atoms with E-state index in [-0.39, 0.29) is 39.5 Å². The Balaban J connectivity index is 1.50. The first-order valence-corrected chi connectivity index (χ1v) is 13.1. The number of hydrogen-bond acceptors (Lipinski definition) is 5. The van der Waals surface area contributed by atoms with Gasteiger partial charge in [0.1, 0.15) is 0 Å². The van der Waals surface area contributed by atoms with Gasteiger partial charge in [-0.25, -0.2) is 21.6 Å². The van der Waals surface area contributed by atoms with Crippen LogP contribution in [0, 0.1) is 35.2 Å². The summed E-state index contributed by atoms with van der Waals surface area (Å²) in [5.41, 5.74) is 0.0205. The third kappa shape index (κ3) is 4.10. The van der Waals surface area contributed by atoms with Crippen molar-refractivity contribution in [3.05, 3.63) is 53.3 Å². The second-order valence-electron chi connectivity index (χ2n) is 10.3. The fourth-order valence-electron chi connectivity index (χ4n) is 6.02. The minimum atomic E-state index is -3.82. The summed E-state index contributed by atoms with van der Waals surface area (Å²) in [5.74, 6) is -5.07. The fourth-order valence-corrected chi connectivity index (χ4v) is 8.68. The number of sulfone groups is 1. The van der Waals surface area contributed by atoms with Crippen molar-refractivity contribution in [1.82, 2.24) is 0 Å². The normalized spacial score (nSPS) is 29.3. The van der Waals surface area contributed by atoms with Crippen LogP contribution in [0.1, 0.15) is 36.5 Å². The molecule has 3 fully saturated rings. The van der Waals surface area contributed by atoms with Crippen molar-refractivity contribution in [3.8, 4) is 0 Å². The van der Waals surface area contributed by atoms with E-state index in [0.29, 0.717) is 30.8 Å². The van der Waals surface area contributed by atoms with Crippen LogP contribution in [0.25, 0.3) is 0 Å². The number of hydrogen-bond donors (Lipinski definition) is 1. The molecule has 1 saturated heterocycles. The molecule has 5 atom stereocenters. The molecule has 2 aromatic rings. The van der Waals surface area contributed by atoms with Gasteiger partial charge in [0.05, 0.1) is 28.0 Å². The fraction of sp³-hybridized carbons (Fsp3) is 0.480. The number of carbonyl (C=O) groups excluding carboxylic acids is 1. The SMILES string of the molecule is C[C@H]1CC2C[C@]3(CO3)CC1C2S(=O)(=O)c1cc(C(=O)Nc2cc(F)c(F)c(F)c2)ccc1N(C)C. The lowest BCUT2D eigenvalue weighted by Gasteiger charge is -2.35. The molecule has 1 spiro atoms. The number of fused-ring (bicyclic) bond motifs is 2. The van der Waals surface area contributed by atoms with Crippen LogP contribution in [-0.4, -0.2) is 45.9 Å². The first kappa shape index (κ1) is 24.1. The predicted octanol–water partition coefficient (Wildman–Crippen LogP) is 4.40. The summed E-state index contributed by atoms with van der Waals surface area (Å²) in [5, 5.41) is 1.75. The lowest BCUT2D eigenvalue weighted by molar-refractivity contribution is 0.102. The minimum Gasteiger partial charge on any atom is -0.377 e. The zero-order valence-electron chi connectivity index (χ0n) is 19.6. The van der Waals surface area contributed by atoms with Gasteiger partial charge in [-0.2, -0.15) is 0 Å². The van der Waals surface area contributed by atoms with Crippen LogP contribution in [0.5, 0.6) is 0 Å². The highest BCUT2D eigenvalue weighted by Crippen LogP contribution is 2.58. The molecule has 3 unspecified atom stereocenters. The summed E-state index contributed by atoms with van der Waals surface area (Å²) in [4.78, 5) is 14.6. The van der Waals surface area contributed by atoms with Gasteiger partial charge in [-0.1, -0.05) is 6.92 Å². The number of epoxide rings is 1. The predicted molar refractivity (Wildman–Crippen MR) is 125 cm³/mol. The number of halogens is 3. The highest BCUT2D eigenvalue weighted by atomic mass is 32.2. The van der Waals surface area contributed by atoms with Crippen LogP contribution in [0.2, 0.25) is 0 Å². The van der Waals surface area contributed by atoms with Gasteiger partial charge < -0.3 is 15.0 Å². The van der Waals surface area contributed by atoms with Crippen molar-refractivity contribution in [1.29, 1.82) is 0 Å². The second kappa shape index (κ2) is 8.23. The molecular weight excluding hydrogens is 481 g/mol. The highest BCUT2D eigenvalue weighted by Gasteiger charge is 2.62. The average Bonchev–Trinajstić information content (AvgIpc) is 3.49. The molecule has 2 aliphatic carbocycles. The Morgan fingerprint density at radius 1 is 1.11 bits per heavy atom. The van der Waals surface area contributed by atoms with Gasteiger partial charge in [0, 0.05) is 37.5 Å². The monoisotopic (exact) mass is 508 g/mol. The minimum absolute atomic E-state index is 0.0116. The molecule has 0 aromatic heterocycles. The van der Waals surface area contributed by atoms with Crippen LogP contribution in [0.15, 0.2) is 35.2 Å². The van der Waals surface area contributed by atoms with E-state index in [0.717, 1.165) is 12.8 Å². The molecule has 1 N–H and O–H groups in total. The Hall–Kier alpha value is -2.59. The Morgan fingerprint density at radius 2 is 1.77 bits per heavy atom. The van der Waals surface area contributed by atoms with E-state index in [9.17, 15) is 26.4 Å². The standard InChI is InChI=1S/C25H27F3N2O4S/c1-13-6-15-10-25(12-34-25)11-17(13)23(15)35(32,33)21-7-14(4-5-20(21)30(2)3)24(31)29-16-8-18(26)22(28)19(27)9-16/h4-5,7-9,13,15,17,23H,6,10-12H2,1-3H3,(H,29,31)/t13-,15?,17?,23?,25+/m0/s1. The van der Waals surface area contributed by atoms with Gasteiger partial charge >= 0.3 is 0 Å². The van der Waals surface area contributed by atoms with Crippen LogP contribution in [0.4, 0.5) is 24.5 Å². The molecule has 3 aliphatic rings. The number of rotatable bonds is 5. The molecule has 35 heavy (non-hydrogen) atoms. The third-order valence-electron chi connectivity index (χ3n) is 7.70. The Kier molecular flexibility index (Phi) is 5.67. The molecule has 188 valence electrons. The molecule has 5 rings (SSSR count). The van der Waals surface area contributed by atoms with Gasteiger partial charge in [-0.05, 0) is 55.2 Å². The number of anilines is 2. The first-order chi connectivity index (χ1) is 16.4. The van der Waals surface area contributed by atoms with Crippen LogP contribution >= 0.6 is 0 Å². The van der Waals surface area contributed by atoms with E-state index >= 15 is 0 Å². The first-order valence-electron chi connectivity index (χ1n) is 11.6. The zero-order valence-corrected chi connectivity index (χ0v) is 20.5. The number of benzene rings is 2. The van der Waals surface area contributed by atoms with E-state index in [1.54, 1.807) is 25.1 Å². The van der Waals surface area contributed by atoms with E-state index in [4.69, 9.17) is 4.74 Å². The summed E-state index contributed by atoms with van der Waals surface area (Å²) < 4.78 is 74.2. The summed E-state index contributed by atoms with van der Waals surface area (Å²) in [6.45, 7) is 2.77. The molecule has 1 heterocycles. The van der Waals surface area contributed by atoms with Crippen molar-refractivity contribution in [2.75, 3.05) is 30.9 Å². The second-order valence-corrected chi connectivity index (χ2v) is 12.4. The lowest BCUT2D eigenvalue weighted by atomic mass is 9.79. The quantitative estimate of drug-likeness (QED) is 0.479. The summed E-state index contributed by atoms with van der Waals surface area (Å²) in [6, 6.07) is 5.65. The van der Waals surface area contributed by atoms with Crippen molar-refractivity contribution < 1.29 is 31.1 Å². The number of nitrogens with one attached hydrogen (secondary N) is 1. The molecule has 2 bridgehead atoms. The summed E-state index contributed by atoms with van der Waals surface area (Å²) in [6.07, 6.45) is 2.25. The van der Waals surface area contributed by atoms with Crippen LogP contribution in [0.3, 0.4) is 0 Å². The van der Waals surface area contributed by atoms with Gasteiger partial charge in [0.25, 0.3) is 5.91 Å². The maximum Gasteiger partial charge on any atom is 0.255 e. The van der Waals surface area contributed by atoms with Crippen molar-refractivity contribution >= 4 is 27.1 Å². The molecular formula is C25H27F3N2O4S. The molecule has 2 aromatic carbocycles. The van der Waals surface area contributed by atoms with E-state index in [2.05, 4.69) is 12.2 Å². The van der Waals surface area contributed by atoms with E-state index < -0.39 is 38.4 Å².